The first-order valence-electron chi connectivity index (χ1n) is 8.17. The molecule has 2 aliphatic rings. The van der Waals surface area contributed by atoms with Crippen molar-refractivity contribution < 1.29 is 0 Å². The van der Waals surface area contributed by atoms with Crippen molar-refractivity contribution in [1.29, 1.82) is 0 Å². The normalized spacial score (nSPS) is 27.9. The van der Waals surface area contributed by atoms with E-state index < -0.39 is 0 Å². The van der Waals surface area contributed by atoms with Gasteiger partial charge in [-0.25, -0.2) is 0 Å². The third-order valence-corrected chi connectivity index (χ3v) is 5.41. The van der Waals surface area contributed by atoms with E-state index in [4.69, 9.17) is 0 Å². The quantitative estimate of drug-likeness (QED) is 0.889. The molecular formula is C18H28N2. The molecule has 0 amide bonds. The van der Waals surface area contributed by atoms with Gasteiger partial charge in [-0.1, -0.05) is 18.2 Å². The minimum Gasteiger partial charge on any atom is -0.316 e. The molecule has 20 heavy (non-hydrogen) atoms. The average Bonchev–Trinajstić information content (AvgIpc) is 2.45. The molecule has 3 rings (SSSR count). The van der Waals surface area contributed by atoms with Gasteiger partial charge in [-0.15, -0.1) is 0 Å². The van der Waals surface area contributed by atoms with Crippen molar-refractivity contribution in [1.82, 2.24) is 10.2 Å². The Morgan fingerprint density at radius 2 is 2.05 bits per heavy atom. The van der Waals surface area contributed by atoms with E-state index in [2.05, 4.69) is 42.3 Å². The van der Waals surface area contributed by atoms with Gasteiger partial charge in [-0.2, -0.15) is 0 Å². The maximum Gasteiger partial charge on any atom is 0.0236 e. The van der Waals surface area contributed by atoms with Crippen molar-refractivity contribution in [2.75, 3.05) is 26.2 Å². The van der Waals surface area contributed by atoms with Crippen molar-refractivity contribution >= 4 is 0 Å². The van der Waals surface area contributed by atoms with Gasteiger partial charge in [0.25, 0.3) is 0 Å². The van der Waals surface area contributed by atoms with Crippen molar-refractivity contribution in [3.63, 3.8) is 0 Å². The summed E-state index contributed by atoms with van der Waals surface area (Å²) < 4.78 is 0. The molecule has 2 aliphatic heterocycles. The maximum absolute atomic E-state index is 3.62. The maximum atomic E-state index is 3.62. The standard InChI is InChI=1S/C18H28N2/c1-15-6-3-7-17(16(15)2)12-20-11-5-9-18(14-20)8-4-10-19-13-18/h3,6-7,19H,4-5,8-14H2,1-2H3. The van der Waals surface area contributed by atoms with Crippen molar-refractivity contribution in [3.8, 4) is 0 Å². The van der Waals surface area contributed by atoms with Crippen LogP contribution in [0.25, 0.3) is 0 Å². The second-order valence-electron chi connectivity index (χ2n) is 6.95. The minimum absolute atomic E-state index is 0.564. The van der Waals surface area contributed by atoms with Gasteiger partial charge in [0.2, 0.25) is 0 Å². The Hall–Kier alpha value is -0.860. The smallest absolute Gasteiger partial charge is 0.0236 e. The van der Waals surface area contributed by atoms with Crippen molar-refractivity contribution in [2.45, 2.75) is 46.1 Å². The number of hydrogen-bond donors (Lipinski definition) is 1. The summed E-state index contributed by atoms with van der Waals surface area (Å²) in [6.45, 7) is 10.6. The Morgan fingerprint density at radius 1 is 1.20 bits per heavy atom. The molecule has 1 aromatic rings. The Labute approximate surface area is 123 Å². The van der Waals surface area contributed by atoms with E-state index in [9.17, 15) is 0 Å². The molecular weight excluding hydrogens is 244 g/mol. The lowest BCUT2D eigenvalue weighted by molar-refractivity contribution is 0.0599. The predicted molar refractivity (Wildman–Crippen MR) is 85.0 cm³/mol. The van der Waals surface area contributed by atoms with E-state index in [1.54, 1.807) is 0 Å². The molecule has 1 aromatic carbocycles. The van der Waals surface area contributed by atoms with Crippen LogP contribution < -0.4 is 5.32 Å². The van der Waals surface area contributed by atoms with E-state index >= 15 is 0 Å². The molecule has 110 valence electrons. The second kappa shape index (κ2) is 5.87. The van der Waals surface area contributed by atoms with Crippen LogP contribution in [0, 0.1) is 19.3 Å². The summed E-state index contributed by atoms with van der Waals surface area (Å²) in [5.41, 5.74) is 4.99. The number of hydrogen-bond acceptors (Lipinski definition) is 2. The van der Waals surface area contributed by atoms with Crippen molar-refractivity contribution in [3.05, 3.63) is 34.9 Å². The number of nitrogens with zero attached hydrogens (tertiary/aromatic N) is 1. The van der Waals surface area contributed by atoms with Crippen LogP contribution in [-0.2, 0) is 6.54 Å². The van der Waals surface area contributed by atoms with Gasteiger partial charge in [-0.3, -0.25) is 4.90 Å². The first-order valence-corrected chi connectivity index (χ1v) is 8.17. The van der Waals surface area contributed by atoms with Gasteiger partial charge in [0.05, 0.1) is 0 Å². The van der Waals surface area contributed by atoms with Crippen LogP contribution in [0.2, 0.25) is 0 Å². The molecule has 2 saturated heterocycles. The predicted octanol–water partition coefficient (Wildman–Crippen LogP) is 3.27. The van der Waals surface area contributed by atoms with E-state index in [1.807, 2.05) is 0 Å². The number of aryl methyl sites for hydroxylation is 1. The Balaban J connectivity index is 1.69. The van der Waals surface area contributed by atoms with Crippen LogP contribution in [0.5, 0.6) is 0 Å². The van der Waals surface area contributed by atoms with Gasteiger partial charge >= 0.3 is 0 Å². The average molecular weight is 272 g/mol. The van der Waals surface area contributed by atoms with Crippen LogP contribution in [0.15, 0.2) is 18.2 Å². The zero-order chi connectivity index (χ0) is 14.0. The number of nitrogens with one attached hydrogen (secondary N) is 1. The third kappa shape index (κ3) is 2.91. The number of likely N-dealkylation sites (tertiary alicyclic amines) is 1. The number of rotatable bonds is 2. The molecule has 0 radical (unpaired) electrons. The summed E-state index contributed by atoms with van der Waals surface area (Å²) in [7, 11) is 0. The Kier molecular flexibility index (Phi) is 4.13. The Bertz CT molecular complexity index is 455. The van der Waals surface area contributed by atoms with Crippen molar-refractivity contribution in [2.24, 2.45) is 5.41 Å². The zero-order valence-electron chi connectivity index (χ0n) is 13.0. The van der Waals surface area contributed by atoms with Gasteiger partial charge in [0.15, 0.2) is 0 Å². The number of benzene rings is 1. The lowest BCUT2D eigenvalue weighted by Crippen LogP contribution is -2.50. The van der Waals surface area contributed by atoms with Crippen LogP contribution in [0.4, 0.5) is 0 Å². The molecule has 0 saturated carbocycles. The molecule has 0 aliphatic carbocycles. The molecule has 0 bridgehead atoms. The first-order chi connectivity index (χ1) is 9.69. The SMILES string of the molecule is Cc1cccc(CN2CCCC3(CCCNC3)C2)c1C. The molecule has 0 aromatic heterocycles. The Morgan fingerprint density at radius 3 is 2.85 bits per heavy atom. The highest BCUT2D eigenvalue weighted by Crippen LogP contribution is 2.36. The van der Waals surface area contributed by atoms with Crippen LogP contribution in [-0.4, -0.2) is 31.1 Å². The largest absolute Gasteiger partial charge is 0.316 e. The van der Waals surface area contributed by atoms with Gasteiger partial charge in [0, 0.05) is 19.6 Å². The fourth-order valence-electron chi connectivity index (χ4n) is 4.05. The van der Waals surface area contributed by atoms with E-state index in [0.717, 1.165) is 6.54 Å². The van der Waals surface area contributed by atoms with Gasteiger partial charge < -0.3 is 5.32 Å². The summed E-state index contributed by atoms with van der Waals surface area (Å²) in [4.78, 5) is 2.69. The van der Waals surface area contributed by atoms with E-state index in [-0.39, 0.29) is 0 Å². The third-order valence-electron chi connectivity index (χ3n) is 5.41. The summed E-state index contributed by atoms with van der Waals surface area (Å²) >= 11 is 0. The van der Waals surface area contributed by atoms with Gasteiger partial charge in [0.1, 0.15) is 0 Å². The molecule has 1 unspecified atom stereocenters. The van der Waals surface area contributed by atoms with E-state index in [1.165, 1.54) is 68.6 Å². The number of piperidine rings is 2. The molecule has 2 heteroatoms. The van der Waals surface area contributed by atoms with E-state index in [0.29, 0.717) is 5.41 Å². The summed E-state index contributed by atoms with van der Waals surface area (Å²) in [5.74, 6) is 0. The lowest BCUT2D eigenvalue weighted by atomic mass is 9.74. The molecule has 1 N–H and O–H groups in total. The monoisotopic (exact) mass is 272 g/mol. The molecule has 1 spiro atoms. The fraction of sp³-hybridized carbons (Fsp3) is 0.667. The molecule has 2 heterocycles. The van der Waals surface area contributed by atoms with Crippen LogP contribution in [0.3, 0.4) is 0 Å². The van der Waals surface area contributed by atoms with Crippen LogP contribution in [0.1, 0.15) is 42.4 Å². The highest BCUT2D eigenvalue weighted by Gasteiger charge is 2.36. The summed E-state index contributed by atoms with van der Waals surface area (Å²) in [6.07, 6.45) is 5.57. The lowest BCUT2D eigenvalue weighted by Gasteiger charge is -2.45. The van der Waals surface area contributed by atoms with Gasteiger partial charge in [-0.05, 0) is 74.7 Å². The highest BCUT2D eigenvalue weighted by molar-refractivity contribution is 5.33. The highest BCUT2D eigenvalue weighted by atomic mass is 15.1. The zero-order valence-corrected chi connectivity index (χ0v) is 13.0. The second-order valence-corrected chi connectivity index (χ2v) is 6.95. The minimum atomic E-state index is 0.564. The fourth-order valence-corrected chi connectivity index (χ4v) is 4.05. The summed E-state index contributed by atoms with van der Waals surface area (Å²) in [5, 5.41) is 3.62. The topological polar surface area (TPSA) is 15.3 Å². The first kappa shape index (κ1) is 14.1. The molecule has 2 fully saturated rings. The van der Waals surface area contributed by atoms with Crippen LogP contribution >= 0.6 is 0 Å². The summed E-state index contributed by atoms with van der Waals surface area (Å²) in [6, 6.07) is 6.74. The molecule has 2 nitrogen and oxygen atoms in total. The molecule has 1 atom stereocenters.